The maximum absolute atomic E-state index is 11.6. The van der Waals surface area contributed by atoms with Gasteiger partial charge in [-0.15, -0.1) is 0 Å². The number of esters is 3. The molecule has 1 saturated heterocycles. The second-order valence-corrected chi connectivity index (χ2v) is 7.31. The Morgan fingerprint density at radius 3 is 2.00 bits per heavy atom. The summed E-state index contributed by atoms with van der Waals surface area (Å²) in [6.07, 6.45) is -4.58. The average molecular weight is 398 g/mol. The lowest BCUT2D eigenvalue weighted by atomic mass is 9.98. The van der Waals surface area contributed by atoms with E-state index in [0.29, 0.717) is 4.90 Å². The predicted molar refractivity (Wildman–Crippen MR) is 94.5 cm³/mol. The van der Waals surface area contributed by atoms with Gasteiger partial charge in [-0.1, -0.05) is 30.0 Å². The molecule has 1 N–H and O–H groups in total. The van der Waals surface area contributed by atoms with Crippen LogP contribution in [0, 0.1) is 0 Å². The van der Waals surface area contributed by atoms with E-state index in [4.69, 9.17) is 18.9 Å². The first-order chi connectivity index (χ1) is 12.6. The molecule has 1 aromatic carbocycles. The van der Waals surface area contributed by atoms with Crippen molar-refractivity contribution in [2.45, 2.75) is 62.1 Å². The van der Waals surface area contributed by atoms with Gasteiger partial charge in [0.2, 0.25) is 6.10 Å². The van der Waals surface area contributed by atoms with Gasteiger partial charge in [-0.05, 0) is 19.1 Å². The number of ether oxygens (including phenoxy) is 4. The quantitative estimate of drug-likeness (QED) is 0.450. The molecule has 148 valence electrons. The standard InChI is InChI=1S/C18H22O8S/c1-10-15(23-11(2)19)16(24-12(3)20)17(25-13(4)21)18(22,26-10)27-14-8-6-5-7-9-14/h5-10,15-17,22H,1-4H3/t10-,15+,16+,17-,18?/m0/s1. The molecule has 0 aromatic heterocycles. The first-order valence-electron chi connectivity index (χ1n) is 8.28. The Hall–Kier alpha value is -2.10. The van der Waals surface area contributed by atoms with Crippen LogP contribution in [0.1, 0.15) is 27.7 Å². The fraction of sp³-hybridized carbons (Fsp3) is 0.500. The zero-order chi connectivity index (χ0) is 20.2. The molecule has 0 radical (unpaired) electrons. The smallest absolute Gasteiger partial charge is 0.303 e. The van der Waals surface area contributed by atoms with Crippen LogP contribution in [0.2, 0.25) is 0 Å². The van der Waals surface area contributed by atoms with Crippen LogP contribution in [0.15, 0.2) is 35.2 Å². The summed E-state index contributed by atoms with van der Waals surface area (Å²) in [5.74, 6) is -2.03. The van der Waals surface area contributed by atoms with Crippen LogP contribution in [0.5, 0.6) is 0 Å². The monoisotopic (exact) mass is 398 g/mol. The zero-order valence-electron chi connectivity index (χ0n) is 15.4. The highest BCUT2D eigenvalue weighted by Crippen LogP contribution is 2.43. The number of rotatable bonds is 5. The van der Waals surface area contributed by atoms with E-state index in [1.165, 1.54) is 13.8 Å². The molecule has 27 heavy (non-hydrogen) atoms. The highest BCUT2D eigenvalue weighted by Gasteiger charge is 2.58. The largest absolute Gasteiger partial charge is 0.456 e. The molecule has 0 aliphatic carbocycles. The molecule has 0 amide bonds. The molecule has 1 aromatic rings. The lowest BCUT2D eigenvalue weighted by Crippen LogP contribution is -2.65. The van der Waals surface area contributed by atoms with Crippen LogP contribution >= 0.6 is 11.8 Å². The van der Waals surface area contributed by atoms with Crippen LogP contribution < -0.4 is 0 Å². The molecule has 2 rings (SSSR count). The van der Waals surface area contributed by atoms with Gasteiger partial charge in [-0.3, -0.25) is 14.4 Å². The van der Waals surface area contributed by atoms with E-state index in [1.807, 2.05) is 0 Å². The van der Waals surface area contributed by atoms with Gasteiger partial charge in [-0.25, -0.2) is 0 Å². The summed E-state index contributed by atoms with van der Waals surface area (Å²) in [5, 5.41) is 9.10. The van der Waals surface area contributed by atoms with Crippen LogP contribution in [-0.4, -0.2) is 52.5 Å². The second-order valence-electron chi connectivity index (χ2n) is 6.05. The van der Waals surface area contributed by atoms with Gasteiger partial charge in [0, 0.05) is 25.7 Å². The number of hydrogen-bond acceptors (Lipinski definition) is 9. The summed E-state index contributed by atoms with van der Waals surface area (Å²) in [4.78, 5) is 35.4. The van der Waals surface area contributed by atoms with Gasteiger partial charge >= 0.3 is 17.9 Å². The molecule has 5 atom stereocenters. The van der Waals surface area contributed by atoms with Gasteiger partial charge < -0.3 is 24.1 Å². The van der Waals surface area contributed by atoms with E-state index < -0.39 is 47.4 Å². The minimum Gasteiger partial charge on any atom is -0.456 e. The van der Waals surface area contributed by atoms with Gasteiger partial charge in [-0.2, -0.15) is 0 Å². The molecule has 0 saturated carbocycles. The molecular formula is C18H22O8S. The Morgan fingerprint density at radius 1 is 0.963 bits per heavy atom. The third kappa shape index (κ3) is 5.44. The van der Waals surface area contributed by atoms with E-state index in [1.54, 1.807) is 37.3 Å². The number of carbonyl (C=O) groups is 3. The number of aliphatic hydroxyl groups is 1. The average Bonchev–Trinajstić information content (AvgIpc) is 2.55. The summed E-state index contributed by atoms with van der Waals surface area (Å²) in [6.45, 7) is 5.07. The lowest BCUT2D eigenvalue weighted by molar-refractivity contribution is -0.304. The van der Waals surface area contributed by atoms with Gasteiger partial charge in [0.25, 0.3) is 5.12 Å². The van der Waals surface area contributed by atoms with Crippen molar-refractivity contribution >= 4 is 29.7 Å². The van der Waals surface area contributed by atoms with Crippen LogP contribution in [0.4, 0.5) is 0 Å². The molecule has 8 nitrogen and oxygen atoms in total. The van der Waals surface area contributed by atoms with Crippen molar-refractivity contribution in [2.24, 2.45) is 0 Å². The third-order valence-corrected chi connectivity index (χ3v) is 4.83. The summed E-state index contributed by atoms with van der Waals surface area (Å²) in [7, 11) is 0. The first-order valence-corrected chi connectivity index (χ1v) is 9.10. The fourth-order valence-corrected chi connectivity index (χ4v) is 3.91. The van der Waals surface area contributed by atoms with Gasteiger partial charge in [0.05, 0.1) is 6.10 Å². The minimum atomic E-state index is -2.07. The molecule has 1 heterocycles. The second kappa shape index (κ2) is 8.73. The number of hydrogen-bond donors (Lipinski definition) is 1. The van der Waals surface area contributed by atoms with Crippen molar-refractivity contribution < 1.29 is 38.4 Å². The highest BCUT2D eigenvalue weighted by atomic mass is 32.2. The van der Waals surface area contributed by atoms with Crippen molar-refractivity contribution in [2.75, 3.05) is 0 Å². The lowest BCUT2D eigenvalue weighted by Gasteiger charge is -2.47. The van der Waals surface area contributed by atoms with E-state index in [9.17, 15) is 19.5 Å². The normalized spacial score (nSPS) is 30.3. The molecule has 9 heteroatoms. The molecule has 1 fully saturated rings. The molecule has 1 aliphatic heterocycles. The maximum Gasteiger partial charge on any atom is 0.303 e. The van der Waals surface area contributed by atoms with E-state index >= 15 is 0 Å². The Labute approximate surface area is 161 Å². The first kappa shape index (κ1) is 21.2. The van der Waals surface area contributed by atoms with Crippen molar-refractivity contribution in [3.05, 3.63) is 30.3 Å². The number of carbonyl (C=O) groups excluding carboxylic acids is 3. The third-order valence-electron chi connectivity index (χ3n) is 3.70. The Bertz CT molecular complexity index is 694. The fourth-order valence-electron chi connectivity index (χ4n) is 2.78. The van der Waals surface area contributed by atoms with Gasteiger partial charge in [0.15, 0.2) is 12.2 Å². The topological polar surface area (TPSA) is 108 Å². The highest BCUT2D eigenvalue weighted by molar-refractivity contribution is 8.00. The van der Waals surface area contributed by atoms with Crippen molar-refractivity contribution in [3.8, 4) is 0 Å². The van der Waals surface area contributed by atoms with Crippen LogP contribution in [0.3, 0.4) is 0 Å². The Morgan fingerprint density at radius 2 is 1.48 bits per heavy atom. The molecule has 1 unspecified atom stereocenters. The van der Waals surface area contributed by atoms with Crippen molar-refractivity contribution in [3.63, 3.8) is 0 Å². The van der Waals surface area contributed by atoms with E-state index in [-0.39, 0.29) is 0 Å². The van der Waals surface area contributed by atoms with Gasteiger partial charge in [0.1, 0.15) is 0 Å². The Balaban J connectivity index is 2.44. The van der Waals surface area contributed by atoms with Crippen LogP contribution in [0.25, 0.3) is 0 Å². The number of benzene rings is 1. The predicted octanol–water partition coefficient (Wildman–Crippen LogP) is 1.64. The van der Waals surface area contributed by atoms with E-state index in [2.05, 4.69) is 0 Å². The van der Waals surface area contributed by atoms with Crippen molar-refractivity contribution in [1.82, 2.24) is 0 Å². The SMILES string of the molecule is CC(=O)O[C@@H]1[C@H](OC(C)=O)[C@H](C)OC(O)(Sc2ccccc2)[C@H]1OC(C)=O. The summed E-state index contributed by atoms with van der Waals surface area (Å²) >= 11 is 0.897. The minimum absolute atomic E-state index is 0.629. The summed E-state index contributed by atoms with van der Waals surface area (Å²) in [5.41, 5.74) is 0. The van der Waals surface area contributed by atoms with Crippen molar-refractivity contribution in [1.29, 1.82) is 0 Å². The molecule has 0 spiro atoms. The number of thioether (sulfide) groups is 1. The molecule has 0 bridgehead atoms. The summed E-state index contributed by atoms with van der Waals surface area (Å²) < 4.78 is 21.4. The molecular weight excluding hydrogens is 376 g/mol. The van der Waals surface area contributed by atoms with Crippen LogP contribution in [-0.2, 0) is 33.3 Å². The zero-order valence-corrected chi connectivity index (χ0v) is 16.2. The van der Waals surface area contributed by atoms with E-state index in [0.717, 1.165) is 18.7 Å². The summed E-state index contributed by atoms with van der Waals surface area (Å²) in [6, 6.07) is 8.81. The maximum atomic E-state index is 11.6. The molecule has 1 aliphatic rings. The Kier molecular flexibility index (Phi) is 6.85.